The van der Waals surface area contributed by atoms with Crippen molar-refractivity contribution in [1.82, 2.24) is 4.98 Å². The topological polar surface area (TPSA) is 12.9 Å². The highest BCUT2D eigenvalue weighted by atomic mass is 32.1. The number of nitrogens with zero attached hydrogens (tertiary/aromatic N) is 1. The van der Waals surface area contributed by atoms with Crippen molar-refractivity contribution in [3.63, 3.8) is 0 Å². The van der Waals surface area contributed by atoms with E-state index in [9.17, 15) is 0 Å². The Morgan fingerprint density at radius 1 is 1.07 bits per heavy atom. The van der Waals surface area contributed by atoms with Gasteiger partial charge in [0.2, 0.25) is 0 Å². The van der Waals surface area contributed by atoms with Crippen molar-refractivity contribution in [3.8, 4) is 0 Å². The molecule has 5 rings (SSSR count). The van der Waals surface area contributed by atoms with Crippen molar-refractivity contribution in [2.24, 2.45) is 52.8 Å². The SMILES string of the molecule is Cc1cnc(C[C@@H](C)C2CCC3[C@@H]4CC[C@@H]5C[C@@H](C)CC[C@@H]5C4CC[C@@]32C)s1. The average Bonchev–Trinajstić information content (AvgIpc) is 3.23. The molecule has 156 valence electrons. The fourth-order valence-electron chi connectivity index (χ4n) is 8.98. The summed E-state index contributed by atoms with van der Waals surface area (Å²) in [7, 11) is 0. The Balaban J connectivity index is 1.31. The van der Waals surface area contributed by atoms with Gasteiger partial charge in [-0.3, -0.25) is 0 Å². The fourth-order valence-corrected chi connectivity index (χ4v) is 9.91. The zero-order valence-corrected chi connectivity index (χ0v) is 19.4. The molecule has 0 N–H and O–H groups in total. The minimum Gasteiger partial charge on any atom is -0.249 e. The van der Waals surface area contributed by atoms with Crippen molar-refractivity contribution < 1.29 is 0 Å². The molecule has 1 aromatic rings. The van der Waals surface area contributed by atoms with E-state index in [0.29, 0.717) is 5.41 Å². The third kappa shape index (κ3) is 3.21. The molecule has 0 amide bonds. The van der Waals surface area contributed by atoms with Crippen LogP contribution in [-0.2, 0) is 6.42 Å². The summed E-state index contributed by atoms with van der Waals surface area (Å²) in [5.41, 5.74) is 0.613. The van der Waals surface area contributed by atoms with Crippen molar-refractivity contribution in [1.29, 1.82) is 0 Å². The smallest absolute Gasteiger partial charge is 0.0930 e. The van der Waals surface area contributed by atoms with Gasteiger partial charge in [0.25, 0.3) is 0 Å². The van der Waals surface area contributed by atoms with Crippen LogP contribution < -0.4 is 0 Å². The molecule has 9 atom stereocenters. The fraction of sp³-hybridized carbons (Fsp3) is 0.885. The lowest BCUT2D eigenvalue weighted by atomic mass is 9.49. The monoisotopic (exact) mass is 399 g/mol. The van der Waals surface area contributed by atoms with Gasteiger partial charge in [-0.25, -0.2) is 4.98 Å². The van der Waals surface area contributed by atoms with Gasteiger partial charge in [0.1, 0.15) is 0 Å². The maximum atomic E-state index is 4.69. The molecular weight excluding hydrogens is 358 g/mol. The molecule has 4 fully saturated rings. The molecule has 28 heavy (non-hydrogen) atoms. The lowest BCUT2D eigenvalue weighted by Gasteiger charge is -2.56. The lowest BCUT2D eigenvalue weighted by molar-refractivity contribution is -0.0727. The zero-order chi connectivity index (χ0) is 19.5. The van der Waals surface area contributed by atoms with Gasteiger partial charge in [0.05, 0.1) is 5.01 Å². The molecule has 1 nitrogen and oxygen atoms in total. The predicted molar refractivity (Wildman–Crippen MR) is 119 cm³/mol. The van der Waals surface area contributed by atoms with E-state index in [2.05, 4.69) is 38.9 Å². The van der Waals surface area contributed by atoms with Crippen LogP contribution >= 0.6 is 11.3 Å². The molecule has 4 saturated carbocycles. The Hall–Kier alpha value is -0.370. The molecule has 1 heterocycles. The Bertz CT molecular complexity index is 694. The molecule has 0 saturated heterocycles. The molecule has 4 aliphatic rings. The number of rotatable bonds is 3. The number of fused-ring (bicyclic) bond motifs is 5. The van der Waals surface area contributed by atoms with Crippen molar-refractivity contribution >= 4 is 11.3 Å². The number of aromatic nitrogens is 1. The number of hydrogen-bond acceptors (Lipinski definition) is 2. The number of thiazole rings is 1. The van der Waals surface area contributed by atoms with Crippen molar-refractivity contribution in [3.05, 3.63) is 16.1 Å². The predicted octanol–water partition coefficient (Wildman–Crippen LogP) is 7.54. The third-order valence-corrected chi connectivity index (χ3v) is 11.1. The summed E-state index contributed by atoms with van der Waals surface area (Å²) < 4.78 is 0. The zero-order valence-electron chi connectivity index (χ0n) is 18.6. The Labute approximate surface area is 177 Å². The van der Waals surface area contributed by atoms with Crippen LogP contribution in [0.25, 0.3) is 0 Å². The van der Waals surface area contributed by atoms with Crippen LogP contribution in [0.4, 0.5) is 0 Å². The van der Waals surface area contributed by atoms with E-state index in [1.807, 2.05) is 11.3 Å². The third-order valence-electron chi connectivity index (χ3n) is 10.1. The van der Waals surface area contributed by atoms with Gasteiger partial charge in [-0.1, -0.05) is 27.2 Å². The second-order valence-electron chi connectivity index (χ2n) is 11.6. The van der Waals surface area contributed by atoms with Crippen LogP contribution in [0.2, 0.25) is 0 Å². The van der Waals surface area contributed by atoms with Gasteiger partial charge in [0.15, 0.2) is 0 Å². The summed E-state index contributed by atoms with van der Waals surface area (Å²) in [6.45, 7) is 9.96. The highest BCUT2D eigenvalue weighted by Gasteiger charge is 2.57. The minimum atomic E-state index is 0.613. The van der Waals surface area contributed by atoms with Crippen LogP contribution in [0.1, 0.15) is 88.4 Å². The van der Waals surface area contributed by atoms with Gasteiger partial charge in [-0.2, -0.15) is 0 Å². The van der Waals surface area contributed by atoms with Gasteiger partial charge in [-0.05, 0) is 111 Å². The first kappa shape index (κ1) is 19.6. The summed E-state index contributed by atoms with van der Waals surface area (Å²) in [5, 5.41) is 1.38. The van der Waals surface area contributed by atoms with Gasteiger partial charge >= 0.3 is 0 Å². The van der Waals surface area contributed by atoms with Gasteiger partial charge in [0, 0.05) is 17.5 Å². The first-order valence-corrected chi connectivity index (χ1v) is 13.2. The van der Waals surface area contributed by atoms with Crippen LogP contribution in [0.5, 0.6) is 0 Å². The van der Waals surface area contributed by atoms with Crippen LogP contribution in [-0.4, -0.2) is 4.98 Å². The summed E-state index contributed by atoms with van der Waals surface area (Å²) >= 11 is 1.92. The lowest BCUT2D eigenvalue weighted by Crippen LogP contribution is -2.49. The minimum absolute atomic E-state index is 0.613. The molecule has 0 bridgehead atoms. The molecular formula is C26H41NS. The van der Waals surface area contributed by atoms with Gasteiger partial charge in [-0.15, -0.1) is 11.3 Å². The van der Waals surface area contributed by atoms with E-state index < -0.39 is 0 Å². The summed E-state index contributed by atoms with van der Waals surface area (Å²) in [4.78, 5) is 6.06. The van der Waals surface area contributed by atoms with Gasteiger partial charge < -0.3 is 0 Å². The van der Waals surface area contributed by atoms with Crippen molar-refractivity contribution in [2.45, 2.75) is 91.9 Å². The Kier molecular flexibility index (Phi) is 5.17. The highest BCUT2D eigenvalue weighted by molar-refractivity contribution is 7.11. The summed E-state index contributed by atoms with van der Waals surface area (Å²) in [6, 6.07) is 0. The first-order chi connectivity index (χ1) is 13.5. The Morgan fingerprint density at radius 3 is 2.68 bits per heavy atom. The molecule has 4 aliphatic carbocycles. The molecule has 0 aromatic carbocycles. The first-order valence-electron chi connectivity index (χ1n) is 12.4. The largest absolute Gasteiger partial charge is 0.249 e. The quantitative estimate of drug-likeness (QED) is 0.511. The second-order valence-corrected chi connectivity index (χ2v) is 12.9. The maximum Gasteiger partial charge on any atom is 0.0930 e. The van der Waals surface area contributed by atoms with Crippen LogP contribution in [0.15, 0.2) is 6.20 Å². The van der Waals surface area contributed by atoms with Crippen molar-refractivity contribution in [2.75, 3.05) is 0 Å². The molecule has 3 unspecified atom stereocenters. The van der Waals surface area contributed by atoms with E-state index in [0.717, 1.165) is 47.3 Å². The molecule has 1 aromatic heterocycles. The average molecular weight is 400 g/mol. The molecule has 0 radical (unpaired) electrons. The van der Waals surface area contributed by atoms with Crippen LogP contribution in [0.3, 0.4) is 0 Å². The van der Waals surface area contributed by atoms with E-state index in [4.69, 9.17) is 0 Å². The second kappa shape index (κ2) is 7.40. The highest BCUT2D eigenvalue weighted by Crippen LogP contribution is 2.65. The molecule has 2 heteroatoms. The Morgan fingerprint density at radius 2 is 1.89 bits per heavy atom. The number of hydrogen-bond donors (Lipinski definition) is 0. The maximum absolute atomic E-state index is 4.69. The summed E-state index contributed by atoms with van der Waals surface area (Å²) in [5.74, 6) is 8.06. The number of aryl methyl sites for hydroxylation is 1. The normalized spacial score (nSPS) is 46.5. The van der Waals surface area contributed by atoms with E-state index >= 15 is 0 Å². The summed E-state index contributed by atoms with van der Waals surface area (Å²) in [6.07, 6.45) is 17.1. The van der Waals surface area contributed by atoms with E-state index in [1.54, 1.807) is 32.1 Å². The molecule has 0 aliphatic heterocycles. The van der Waals surface area contributed by atoms with Crippen LogP contribution in [0, 0.1) is 59.7 Å². The van der Waals surface area contributed by atoms with E-state index in [-0.39, 0.29) is 0 Å². The standard InChI is InChI=1S/C26H41NS/c1-16-5-7-20-19(13-16)6-8-22-21(20)11-12-26(4)23(9-10-24(22)26)17(2)14-25-27-15-18(3)28-25/h15-17,19-24H,5-14H2,1-4H3/t16-,17+,19+,20-,21?,22+,23?,24?,26+/m0/s1. The molecule has 0 spiro atoms. The van der Waals surface area contributed by atoms with E-state index in [1.165, 1.54) is 42.0 Å².